The smallest absolute Gasteiger partial charge is 0.191 e. The Kier molecular flexibility index (Phi) is 9.49. The zero-order chi connectivity index (χ0) is 20.0. The van der Waals surface area contributed by atoms with Crippen LogP contribution in [0, 0.1) is 6.92 Å². The summed E-state index contributed by atoms with van der Waals surface area (Å²) in [6.45, 7) is 16.2. The maximum absolute atomic E-state index is 5.49. The molecule has 2 fully saturated rings. The number of nitrogens with one attached hydrogen (secondary N) is 2. The van der Waals surface area contributed by atoms with E-state index < -0.39 is 0 Å². The van der Waals surface area contributed by atoms with Crippen molar-refractivity contribution >= 4 is 35.6 Å². The molecule has 0 spiro atoms. The highest BCUT2D eigenvalue weighted by Gasteiger charge is 2.28. The van der Waals surface area contributed by atoms with Crippen molar-refractivity contribution in [1.29, 1.82) is 0 Å². The normalized spacial score (nSPS) is 21.0. The second kappa shape index (κ2) is 11.4. The first-order chi connectivity index (χ1) is 13.5. The minimum Gasteiger partial charge on any atom is -0.379 e. The van der Waals surface area contributed by atoms with Gasteiger partial charge in [-0.15, -0.1) is 24.0 Å². The van der Waals surface area contributed by atoms with E-state index in [1.807, 2.05) is 0 Å². The van der Waals surface area contributed by atoms with Crippen LogP contribution in [0.15, 0.2) is 29.3 Å². The summed E-state index contributed by atoms with van der Waals surface area (Å²) >= 11 is 0. The Morgan fingerprint density at radius 1 is 1.17 bits per heavy atom. The Morgan fingerprint density at radius 2 is 1.86 bits per heavy atom. The monoisotopic (exact) mass is 515 g/mol. The largest absolute Gasteiger partial charge is 0.379 e. The third-order valence-electron chi connectivity index (χ3n) is 5.76. The predicted molar refractivity (Wildman–Crippen MR) is 133 cm³/mol. The number of morpholine rings is 1. The van der Waals surface area contributed by atoms with Crippen molar-refractivity contribution in [3.8, 4) is 0 Å². The van der Waals surface area contributed by atoms with Crippen LogP contribution in [0.5, 0.6) is 0 Å². The molecule has 1 aromatic rings. The van der Waals surface area contributed by atoms with Crippen molar-refractivity contribution in [3.05, 3.63) is 29.8 Å². The fourth-order valence-electron chi connectivity index (χ4n) is 3.92. The summed E-state index contributed by atoms with van der Waals surface area (Å²) in [6.07, 6.45) is 1.13. The van der Waals surface area contributed by atoms with Gasteiger partial charge in [-0.1, -0.05) is 17.7 Å². The molecule has 0 aromatic heterocycles. The lowest BCUT2D eigenvalue weighted by Crippen LogP contribution is -2.52. The van der Waals surface area contributed by atoms with Gasteiger partial charge in [0.2, 0.25) is 0 Å². The van der Waals surface area contributed by atoms with Gasteiger partial charge < -0.3 is 20.3 Å². The van der Waals surface area contributed by atoms with Crippen LogP contribution in [0.4, 0.5) is 5.69 Å². The third kappa shape index (κ3) is 7.00. The van der Waals surface area contributed by atoms with E-state index in [4.69, 9.17) is 9.73 Å². The molecule has 2 heterocycles. The molecule has 1 unspecified atom stereocenters. The van der Waals surface area contributed by atoms with E-state index in [-0.39, 0.29) is 29.5 Å². The molecule has 2 saturated heterocycles. The van der Waals surface area contributed by atoms with Crippen LogP contribution in [0.2, 0.25) is 0 Å². The number of hydrogen-bond acceptors (Lipinski definition) is 4. The molecule has 2 N–H and O–H groups in total. The summed E-state index contributed by atoms with van der Waals surface area (Å²) in [7, 11) is 0. The highest BCUT2D eigenvalue weighted by Crippen LogP contribution is 2.21. The van der Waals surface area contributed by atoms with Crippen LogP contribution in [0.1, 0.15) is 32.8 Å². The summed E-state index contributed by atoms with van der Waals surface area (Å²) in [5, 5.41) is 7.08. The van der Waals surface area contributed by atoms with Crippen molar-refractivity contribution in [1.82, 2.24) is 15.5 Å². The predicted octanol–water partition coefficient (Wildman–Crippen LogP) is 2.86. The van der Waals surface area contributed by atoms with E-state index in [0.717, 1.165) is 64.9 Å². The van der Waals surface area contributed by atoms with Gasteiger partial charge in [0, 0.05) is 50.0 Å². The SMILES string of the molecule is CCNC(=NCC(C)(C)N1CCOCC1)NC1CCN(c2ccc(C)cc2)C1.I. The molecular weight excluding hydrogens is 477 g/mol. The average molecular weight is 515 g/mol. The molecule has 6 nitrogen and oxygen atoms in total. The first-order valence-electron chi connectivity index (χ1n) is 10.7. The molecule has 164 valence electrons. The standard InChI is InChI=1S/C22H37N5O.HI/c1-5-23-21(24-17-22(3,4)27-12-14-28-15-13-27)25-19-10-11-26(16-19)20-8-6-18(2)7-9-20;/h6-9,19H,5,10-17H2,1-4H3,(H2,23,24,25);1H. The fourth-order valence-corrected chi connectivity index (χ4v) is 3.92. The minimum atomic E-state index is 0. The number of hydrogen-bond donors (Lipinski definition) is 2. The van der Waals surface area contributed by atoms with E-state index in [1.165, 1.54) is 11.3 Å². The van der Waals surface area contributed by atoms with E-state index in [2.05, 4.69) is 72.4 Å². The fraction of sp³-hybridized carbons (Fsp3) is 0.682. The van der Waals surface area contributed by atoms with E-state index in [9.17, 15) is 0 Å². The van der Waals surface area contributed by atoms with Gasteiger partial charge in [-0.25, -0.2) is 0 Å². The molecule has 2 aliphatic heterocycles. The Bertz CT molecular complexity index is 643. The van der Waals surface area contributed by atoms with Gasteiger partial charge in [0.05, 0.1) is 19.8 Å². The van der Waals surface area contributed by atoms with Crippen LogP contribution in [0.25, 0.3) is 0 Å². The van der Waals surface area contributed by atoms with Gasteiger partial charge in [0.1, 0.15) is 0 Å². The van der Waals surface area contributed by atoms with Crippen molar-refractivity contribution in [2.75, 3.05) is 57.4 Å². The van der Waals surface area contributed by atoms with Gasteiger partial charge in [-0.05, 0) is 46.2 Å². The minimum absolute atomic E-state index is 0. The molecule has 0 radical (unpaired) electrons. The number of nitrogens with zero attached hydrogens (tertiary/aromatic N) is 3. The molecule has 1 aromatic carbocycles. The number of rotatable bonds is 6. The lowest BCUT2D eigenvalue weighted by Gasteiger charge is -2.40. The highest BCUT2D eigenvalue weighted by molar-refractivity contribution is 14.0. The molecule has 0 amide bonds. The summed E-state index contributed by atoms with van der Waals surface area (Å²) in [5.74, 6) is 0.930. The van der Waals surface area contributed by atoms with Crippen molar-refractivity contribution < 1.29 is 4.74 Å². The number of benzene rings is 1. The maximum atomic E-state index is 5.49. The molecule has 1 atom stereocenters. The topological polar surface area (TPSA) is 52.1 Å². The van der Waals surface area contributed by atoms with E-state index in [1.54, 1.807) is 0 Å². The van der Waals surface area contributed by atoms with Gasteiger partial charge in [0.15, 0.2) is 5.96 Å². The zero-order valence-corrected chi connectivity index (χ0v) is 20.7. The van der Waals surface area contributed by atoms with Crippen LogP contribution in [0.3, 0.4) is 0 Å². The first kappa shape index (κ1) is 24.2. The molecule has 0 saturated carbocycles. The lowest BCUT2D eigenvalue weighted by molar-refractivity contribution is -0.00684. The number of ether oxygens (including phenoxy) is 1. The molecule has 0 aliphatic carbocycles. The third-order valence-corrected chi connectivity index (χ3v) is 5.76. The molecule has 29 heavy (non-hydrogen) atoms. The molecule has 2 aliphatic rings. The van der Waals surface area contributed by atoms with Crippen LogP contribution in [-0.4, -0.2) is 74.9 Å². The van der Waals surface area contributed by atoms with E-state index in [0.29, 0.717) is 6.04 Å². The second-order valence-electron chi connectivity index (χ2n) is 8.52. The van der Waals surface area contributed by atoms with Crippen LogP contribution < -0.4 is 15.5 Å². The average Bonchev–Trinajstić information content (AvgIpc) is 3.16. The summed E-state index contributed by atoms with van der Waals surface area (Å²) in [5.41, 5.74) is 2.66. The summed E-state index contributed by atoms with van der Waals surface area (Å²) in [4.78, 5) is 9.87. The number of aryl methyl sites for hydroxylation is 1. The second-order valence-corrected chi connectivity index (χ2v) is 8.52. The lowest BCUT2D eigenvalue weighted by atomic mass is 10.0. The quantitative estimate of drug-likeness (QED) is 0.347. The summed E-state index contributed by atoms with van der Waals surface area (Å²) in [6, 6.07) is 9.25. The number of aliphatic imine (C=N–C) groups is 1. The Hall–Kier alpha value is -1.06. The molecular formula is C22H38IN5O. The van der Waals surface area contributed by atoms with Gasteiger partial charge in [-0.2, -0.15) is 0 Å². The zero-order valence-electron chi connectivity index (χ0n) is 18.4. The molecule has 0 bridgehead atoms. The molecule has 3 rings (SSSR count). The first-order valence-corrected chi connectivity index (χ1v) is 10.7. The molecule has 7 heteroatoms. The number of halogens is 1. The Balaban J connectivity index is 0.00000300. The van der Waals surface area contributed by atoms with Gasteiger partial charge in [0.25, 0.3) is 0 Å². The Labute approximate surface area is 193 Å². The summed E-state index contributed by atoms with van der Waals surface area (Å²) < 4.78 is 5.49. The van der Waals surface area contributed by atoms with Crippen LogP contribution >= 0.6 is 24.0 Å². The highest BCUT2D eigenvalue weighted by atomic mass is 127. The van der Waals surface area contributed by atoms with E-state index >= 15 is 0 Å². The number of guanidine groups is 1. The van der Waals surface area contributed by atoms with Crippen molar-refractivity contribution in [2.24, 2.45) is 4.99 Å². The van der Waals surface area contributed by atoms with Crippen molar-refractivity contribution in [2.45, 2.75) is 45.7 Å². The Morgan fingerprint density at radius 3 is 2.52 bits per heavy atom. The van der Waals surface area contributed by atoms with Gasteiger partial charge in [-0.3, -0.25) is 9.89 Å². The van der Waals surface area contributed by atoms with Crippen molar-refractivity contribution in [3.63, 3.8) is 0 Å². The van der Waals surface area contributed by atoms with Crippen LogP contribution in [-0.2, 0) is 4.74 Å². The van der Waals surface area contributed by atoms with Gasteiger partial charge >= 0.3 is 0 Å². The number of anilines is 1. The maximum Gasteiger partial charge on any atom is 0.191 e.